The summed E-state index contributed by atoms with van der Waals surface area (Å²) in [7, 11) is -2.45. The van der Waals surface area contributed by atoms with E-state index < -0.39 is 33.6 Å². The first-order valence-electron chi connectivity index (χ1n) is 7.61. The molecule has 2 rings (SSSR count). The number of hydrogen-bond donors (Lipinski definition) is 3. The van der Waals surface area contributed by atoms with Gasteiger partial charge < -0.3 is 15.0 Å². The van der Waals surface area contributed by atoms with Gasteiger partial charge in [-0.05, 0) is 31.5 Å². The zero-order valence-corrected chi connectivity index (χ0v) is 15.2. The van der Waals surface area contributed by atoms with Crippen LogP contribution < -0.4 is 10.0 Å². The van der Waals surface area contributed by atoms with Crippen LogP contribution in [0.5, 0.6) is 0 Å². The summed E-state index contributed by atoms with van der Waals surface area (Å²) in [5, 5.41) is 11.4. The summed E-state index contributed by atoms with van der Waals surface area (Å²) in [5.41, 5.74) is 0.0751. The fourth-order valence-electron chi connectivity index (χ4n) is 2.27. The summed E-state index contributed by atoms with van der Waals surface area (Å²) in [6, 6.07) is 2.56. The molecule has 3 N–H and O–H groups in total. The molecule has 1 unspecified atom stereocenters. The number of rotatable bonds is 6. The number of carbonyl (C=O) groups excluding carboxylic acids is 1. The molecule has 142 valence electrons. The molecule has 0 saturated carbocycles. The largest absolute Gasteiger partial charge is 0.395 e. The fourth-order valence-corrected chi connectivity index (χ4v) is 3.57. The van der Waals surface area contributed by atoms with Crippen LogP contribution in [-0.2, 0) is 17.1 Å². The van der Waals surface area contributed by atoms with Crippen LogP contribution in [0.15, 0.2) is 29.3 Å². The first kappa shape index (κ1) is 20.0. The lowest BCUT2D eigenvalue weighted by molar-refractivity contribution is 0.101. The van der Waals surface area contributed by atoms with E-state index in [1.165, 1.54) is 37.7 Å². The van der Waals surface area contributed by atoms with Crippen LogP contribution in [-0.4, -0.2) is 36.6 Å². The number of aromatic nitrogens is 1. The number of nitrogens with one attached hydrogen (secondary N) is 2. The van der Waals surface area contributed by atoms with Crippen LogP contribution in [0.2, 0.25) is 0 Å². The molecule has 0 spiro atoms. The zero-order valence-electron chi connectivity index (χ0n) is 14.4. The Labute approximate surface area is 149 Å². The minimum absolute atomic E-state index is 0.00409. The number of amides is 1. The van der Waals surface area contributed by atoms with E-state index in [9.17, 15) is 22.0 Å². The normalized spacial score (nSPS) is 12.8. The Morgan fingerprint density at radius 1 is 1.31 bits per heavy atom. The Hall–Kier alpha value is -2.30. The Balaban J connectivity index is 2.27. The summed E-state index contributed by atoms with van der Waals surface area (Å²) >= 11 is 0. The van der Waals surface area contributed by atoms with Crippen molar-refractivity contribution in [3.63, 3.8) is 0 Å². The van der Waals surface area contributed by atoms with Gasteiger partial charge in [0.15, 0.2) is 11.6 Å². The van der Waals surface area contributed by atoms with E-state index in [1.54, 1.807) is 0 Å². The van der Waals surface area contributed by atoms with Crippen LogP contribution in [0.3, 0.4) is 0 Å². The highest BCUT2D eigenvalue weighted by Crippen LogP contribution is 2.20. The Morgan fingerprint density at radius 2 is 1.96 bits per heavy atom. The number of aliphatic hydroxyl groups excluding tert-OH is 1. The van der Waals surface area contributed by atoms with Gasteiger partial charge in [-0.1, -0.05) is 0 Å². The highest BCUT2D eigenvalue weighted by atomic mass is 32.2. The lowest BCUT2D eigenvalue weighted by atomic mass is 10.2. The zero-order chi connectivity index (χ0) is 19.6. The van der Waals surface area contributed by atoms with E-state index in [0.717, 1.165) is 12.1 Å². The van der Waals surface area contributed by atoms with Gasteiger partial charge >= 0.3 is 0 Å². The van der Waals surface area contributed by atoms with Crippen LogP contribution in [0.1, 0.15) is 23.0 Å². The van der Waals surface area contributed by atoms with Crippen molar-refractivity contribution in [3.05, 3.63) is 47.3 Å². The first-order chi connectivity index (χ1) is 12.0. The van der Waals surface area contributed by atoms with E-state index in [-0.39, 0.29) is 28.4 Å². The molecule has 7 nitrogen and oxygen atoms in total. The molecule has 1 heterocycles. The Kier molecular flexibility index (Phi) is 5.79. The van der Waals surface area contributed by atoms with Gasteiger partial charge in [-0.15, -0.1) is 0 Å². The molecule has 0 bridgehead atoms. The summed E-state index contributed by atoms with van der Waals surface area (Å²) < 4.78 is 54.8. The number of aliphatic hydroxyl groups is 1. The number of nitrogens with zero attached hydrogens (tertiary/aromatic N) is 1. The van der Waals surface area contributed by atoms with E-state index >= 15 is 0 Å². The van der Waals surface area contributed by atoms with Crippen molar-refractivity contribution in [2.24, 2.45) is 7.05 Å². The maximum atomic E-state index is 13.4. The van der Waals surface area contributed by atoms with E-state index in [2.05, 4.69) is 10.0 Å². The molecule has 0 aliphatic heterocycles. The van der Waals surface area contributed by atoms with E-state index in [1.807, 2.05) is 0 Å². The molecule has 0 aliphatic carbocycles. The quantitative estimate of drug-likeness (QED) is 0.700. The van der Waals surface area contributed by atoms with Crippen molar-refractivity contribution in [3.8, 4) is 0 Å². The molecule has 1 amide bonds. The Morgan fingerprint density at radius 3 is 2.54 bits per heavy atom. The summed E-state index contributed by atoms with van der Waals surface area (Å²) in [6.07, 6.45) is 1.23. The van der Waals surface area contributed by atoms with Crippen molar-refractivity contribution >= 4 is 21.6 Å². The van der Waals surface area contributed by atoms with Crippen molar-refractivity contribution in [1.29, 1.82) is 0 Å². The van der Waals surface area contributed by atoms with Gasteiger partial charge in [-0.25, -0.2) is 21.9 Å². The van der Waals surface area contributed by atoms with Gasteiger partial charge in [0.05, 0.1) is 6.61 Å². The average molecular weight is 387 g/mol. The molecule has 0 radical (unpaired) electrons. The second kappa shape index (κ2) is 7.52. The second-order valence-electron chi connectivity index (χ2n) is 5.92. The molecule has 1 aromatic heterocycles. The highest BCUT2D eigenvalue weighted by molar-refractivity contribution is 7.89. The molecule has 26 heavy (non-hydrogen) atoms. The summed E-state index contributed by atoms with van der Waals surface area (Å²) in [6.45, 7) is 2.46. The van der Waals surface area contributed by atoms with Crippen LogP contribution in [0.4, 0.5) is 14.5 Å². The van der Waals surface area contributed by atoms with Gasteiger partial charge in [0.1, 0.15) is 10.6 Å². The minimum atomic E-state index is -3.92. The summed E-state index contributed by atoms with van der Waals surface area (Å²) in [4.78, 5) is 12.2. The molecule has 10 heteroatoms. The third-order valence-corrected chi connectivity index (χ3v) is 5.18. The number of aryl methyl sites for hydroxylation is 2. The monoisotopic (exact) mass is 387 g/mol. The topological polar surface area (TPSA) is 100 Å². The van der Waals surface area contributed by atoms with Crippen molar-refractivity contribution in [2.45, 2.75) is 24.8 Å². The van der Waals surface area contributed by atoms with Crippen molar-refractivity contribution in [1.82, 2.24) is 9.29 Å². The fraction of sp³-hybridized carbons (Fsp3) is 0.312. The number of hydrogen-bond acceptors (Lipinski definition) is 4. The van der Waals surface area contributed by atoms with Crippen LogP contribution >= 0.6 is 0 Å². The summed E-state index contributed by atoms with van der Waals surface area (Å²) in [5.74, 6) is -2.79. The molecular formula is C16H19F2N3O4S. The van der Waals surface area contributed by atoms with Gasteiger partial charge in [0, 0.05) is 31.0 Å². The molecule has 0 aliphatic rings. The number of anilines is 1. The number of carbonyl (C=O) groups is 1. The van der Waals surface area contributed by atoms with Crippen molar-refractivity contribution in [2.75, 3.05) is 11.9 Å². The standard InChI is InChI=1S/C16H19F2N3O4S/c1-9-4-11(5-13(17)15(9)18)19-16(23)14-6-12(7-21(14)3)26(24,25)20-10(2)8-22/h4-7,10,20,22H,8H2,1-3H3,(H,19,23). The van der Waals surface area contributed by atoms with Gasteiger partial charge in [-0.3, -0.25) is 4.79 Å². The highest BCUT2D eigenvalue weighted by Gasteiger charge is 2.22. The van der Waals surface area contributed by atoms with Crippen molar-refractivity contribution < 1.29 is 27.1 Å². The third kappa shape index (κ3) is 4.26. The van der Waals surface area contributed by atoms with Gasteiger partial charge in [-0.2, -0.15) is 0 Å². The van der Waals surface area contributed by atoms with Crippen LogP contribution in [0.25, 0.3) is 0 Å². The van der Waals surface area contributed by atoms with Crippen LogP contribution in [0, 0.1) is 18.6 Å². The lowest BCUT2D eigenvalue weighted by Crippen LogP contribution is -2.34. The van der Waals surface area contributed by atoms with Gasteiger partial charge in [0.25, 0.3) is 5.91 Å². The van der Waals surface area contributed by atoms with E-state index in [4.69, 9.17) is 5.11 Å². The minimum Gasteiger partial charge on any atom is -0.395 e. The van der Waals surface area contributed by atoms with Gasteiger partial charge in [0.2, 0.25) is 10.0 Å². The van der Waals surface area contributed by atoms with E-state index in [0.29, 0.717) is 0 Å². The molecular weight excluding hydrogens is 368 g/mol. The first-order valence-corrected chi connectivity index (χ1v) is 9.10. The predicted octanol–water partition coefficient (Wildman–Crippen LogP) is 1.52. The second-order valence-corrected chi connectivity index (χ2v) is 7.63. The molecule has 0 saturated heterocycles. The maximum Gasteiger partial charge on any atom is 0.272 e. The lowest BCUT2D eigenvalue weighted by Gasteiger charge is -2.09. The predicted molar refractivity (Wildman–Crippen MR) is 91.3 cm³/mol. The SMILES string of the molecule is Cc1cc(NC(=O)c2cc(S(=O)(=O)NC(C)CO)cn2C)cc(F)c1F. The molecule has 1 atom stereocenters. The molecule has 2 aromatic rings. The third-order valence-electron chi connectivity index (χ3n) is 3.62. The smallest absolute Gasteiger partial charge is 0.272 e. The molecule has 0 fully saturated rings. The number of benzene rings is 1. The number of halogens is 2. The maximum absolute atomic E-state index is 13.4. The molecule has 1 aromatic carbocycles. The number of sulfonamides is 1. The average Bonchev–Trinajstić information content (AvgIpc) is 2.95. The Bertz CT molecular complexity index is 918.